The third kappa shape index (κ3) is 21.1. The van der Waals surface area contributed by atoms with Gasteiger partial charge in [-0.05, 0) is 57.6 Å². The van der Waals surface area contributed by atoms with E-state index in [0.717, 1.165) is 44.9 Å². The molecule has 1 aliphatic heterocycles. The lowest BCUT2D eigenvalue weighted by molar-refractivity contribution is -0.192. The zero-order valence-corrected chi connectivity index (χ0v) is 35.4. The van der Waals surface area contributed by atoms with Crippen molar-refractivity contribution in [1.29, 1.82) is 5.41 Å². The number of benzene rings is 1. The fourth-order valence-corrected chi connectivity index (χ4v) is 7.99. The summed E-state index contributed by atoms with van der Waals surface area (Å²) in [6, 6.07) is 6.49. The molecule has 332 valence electrons. The smallest absolute Gasteiger partial charge is 0.481 e. The van der Waals surface area contributed by atoms with E-state index in [0.29, 0.717) is 42.2 Å². The highest BCUT2D eigenvalue weighted by molar-refractivity contribution is 8.15. The number of nitrogens with one attached hydrogen (secondary N) is 3. The lowest BCUT2D eigenvalue weighted by Gasteiger charge is -2.25. The summed E-state index contributed by atoms with van der Waals surface area (Å²) >= 11 is 1.25. The minimum Gasteiger partial charge on any atom is -0.481 e. The van der Waals surface area contributed by atoms with E-state index in [4.69, 9.17) is 25.2 Å². The van der Waals surface area contributed by atoms with Crippen molar-refractivity contribution in [1.82, 2.24) is 15.5 Å². The summed E-state index contributed by atoms with van der Waals surface area (Å²) in [6.07, 6.45) is 15.9. The molecular weight excluding hydrogens is 792 g/mol. The number of aliphatic carboxylic acids is 2. The molecule has 2 aliphatic rings. The Labute approximate surface area is 350 Å². The molecule has 5 N–H and O–H groups in total. The van der Waals surface area contributed by atoms with Gasteiger partial charge in [-0.1, -0.05) is 108 Å². The van der Waals surface area contributed by atoms with Crippen LogP contribution in [0.2, 0.25) is 0 Å². The van der Waals surface area contributed by atoms with Crippen LogP contribution in [-0.2, 0) is 23.9 Å². The number of carbonyl (C=O) groups is 5. The quantitative estimate of drug-likeness (QED) is 0.0289. The molecule has 3 rings (SSSR count). The van der Waals surface area contributed by atoms with Crippen LogP contribution in [-0.4, -0.2) is 99.0 Å². The van der Waals surface area contributed by atoms with Gasteiger partial charge in [0.05, 0.1) is 6.42 Å². The minimum atomic E-state index is -5.08. The first-order chi connectivity index (χ1) is 28.1. The van der Waals surface area contributed by atoms with E-state index in [1.54, 1.807) is 24.3 Å². The number of hydrogen-bond donors (Lipinski definition) is 5. The van der Waals surface area contributed by atoms with E-state index in [1.807, 2.05) is 11.8 Å². The molecule has 1 aromatic carbocycles. The van der Waals surface area contributed by atoms with Crippen LogP contribution in [0.25, 0.3) is 0 Å². The second-order valence-corrected chi connectivity index (χ2v) is 16.1. The summed E-state index contributed by atoms with van der Waals surface area (Å²) in [4.78, 5) is 64.9. The standard InChI is InChI=1S/C40H63N5O6S.C2HF3O2/c1-3-4-5-6-7-8-9-10-11-12-13-17-29-45-30(2)36(39(50)43-28-26-34(46)47)52-40(45)44-38(49)32-24-22-31(23-25-32)37(41)42-27-18-21-35(48)51-33-19-15-14-16-20-33;3-2(4,5)1(6)7/h22-25,30,33,36H,3-21,26-29H2,1-2H3,(H2,41,42)(H,43,50)(H,46,47);(H,6,7). The van der Waals surface area contributed by atoms with Crippen molar-refractivity contribution in [3.63, 3.8) is 0 Å². The van der Waals surface area contributed by atoms with Gasteiger partial charge in [0.15, 0.2) is 5.17 Å². The number of carboxylic acid groups (broad SMARTS) is 2. The average molecular weight is 856 g/mol. The Kier molecular flexibility index (Phi) is 24.5. The number of ether oxygens (including phenoxy) is 1. The Hall–Kier alpha value is -4.15. The van der Waals surface area contributed by atoms with Crippen LogP contribution in [0.4, 0.5) is 13.2 Å². The average Bonchev–Trinajstić information content (AvgIpc) is 3.50. The number of hydrogen-bond acceptors (Lipinski definition) is 8. The number of rotatable bonds is 24. The van der Waals surface area contributed by atoms with E-state index >= 15 is 0 Å². The zero-order chi connectivity index (χ0) is 43.6. The van der Waals surface area contributed by atoms with Gasteiger partial charge in [-0.25, -0.2) is 4.79 Å². The normalized spacial score (nSPS) is 17.5. The van der Waals surface area contributed by atoms with Crippen LogP contribution in [0.5, 0.6) is 0 Å². The molecule has 0 bridgehead atoms. The summed E-state index contributed by atoms with van der Waals surface area (Å²) in [7, 11) is 0. The van der Waals surface area contributed by atoms with Crippen LogP contribution >= 0.6 is 11.8 Å². The summed E-state index contributed by atoms with van der Waals surface area (Å²) in [5.41, 5.74) is 0.993. The maximum Gasteiger partial charge on any atom is 0.490 e. The van der Waals surface area contributed by atoms with Gasteiger partial charge in [-0.3, -0.25) is 24.6 Å². The number of aliphatic imine (C=N–C) groups is 1. The Morgan fingerprint density at radius 2 is 1.36 bits per heavy atom. The third-order valence-electron chi connectivity index (χ3n) is 10.1. The number of amides is 2. The van der Waals surface area contributed by atoms with Crippen molar-refractivity contribution in [3.05, 3.63) is 35.4 Å². The second-order valence-electron chi connectivity index (χ2n) is 15.0. The summed E-state index contributed by atoms with van der Waals surface area (Å²) in [6.45, 7) is 5.38. The van der Waals surface area contributed by atoms with E-state index in [9.17, 15) is 32.3 Å². The highest BCUT2D eigenvalue weighted by atomic mass is 32.2. The predicted octanol–water partition coefficient (Wildman–Crippen LogP) is 8.49. The van der Waals surface area contributed by atoms with Crippen LogP contribution in [0.3, 0.4) is 0 Å². The number of carbonyl (C=O) groups excluding carboxylic acids is 3. The molecule has 1 heterocycles. The number of nitrogens with zero attached hydrogens (tertiary/aromatic N) is 2. The monoisotopic (exact) mass is 855 g/mol. The lowest BCUT2D eigenvalue weighted by atomic mass is 9.98. The first kappa shape index (κ1) is 51.0. The topological polar surface area (TPSA) is 199 Å². The Morgan fingerprint density at radius 3 is 1.90 bits per heavy atom. The molecule has 0 radical (unpaired) electrons. The fraction of sp³-hybridized carbons (Fsp3) is 0.690. The van der Waals surface area contributed by atoms with Crippen LogP contribution in [0.1, 0.15) is 158 Å². The summed E-state index contributed by atoms with van der Waals surface area (Å²) in [5, 5.41) is 30.3. The molecule has 0 aromatic heterocycles. The maximum atomic E-state index is 13.3. The van der Waals surface area contributed by atoms with Crippen molar-refractivity contribution in [3.8, 4) is 0 Å². The van der Waals surface area contributed by atoms with E-state index in [1.165, 1.54) is 76.0 Å². The van der Waals surface area contributed by atoms with Gasteiger partial charge < -0.3 is 30.5 Å². The first-order valence-electron chi connectivity index (χ1n) is 21.1. The predicted molar refractivity (Wildman–Crippen MR) is 223 cm³/mol. The summed E-state index contributed by atoms with van der Waals surface area (Å²) in [5.74, 6) is -4.39. The van der Waals surface area contributed by atoms with Gasteiger partial charge >= 0.3 is 24.1 Å². The van der Waals surface area contributed by atoms with Crippen molar-refractivity contribution in [2.45, 2.75) is 166 Å². The van der Waals surface area contributed by atoms with Gasteiger partial charge in [0.2, 0.25) is 5.91 Å². The number of carboxylic acids is 2. The molecule has 59 heavy (non-hydrogen) atoms. The molecule has 2 amide bonds. The Morgan fingerprint density at radius 1 is 0.814 bits per heavy atom. The molecule has 2 fully saturated rings. The number of esters is 1. The van der Waals surface area contributed by atoms with Crippen molar-refractivity contribution in [2.75, 3.05) is 19.6 Å². The Balaban J connectivity index is 0.00000157. The van der Waals surface area contributed by atoms with Crippen LogP contribution in [0, 0.1) is 5.41 Å². The molecule has 1 saturated heterocycles. The largest absolute Gasteiger partial charge is 0.490 e. The van der Waals surface area contributed by atoms with Crippen molar-refractivity contribution >= 4 is 52.5 Å². The SMILES string of the molecule is CCCCCCCCCCCCCCN1C(=NC(=O)c2ccc(C(=N)NCCCC(=O)OC3CCCCC3)cc2)SC(C(=O)NCCC(=O)O)C1C.O=C(O)C(F)(F)F. The molecule has 13 nitrogen and oxygen atoms in total. The third-order valence-corrected chi connectivity index (χ3v) is 11.5. The molecule has 1 aromatic rings. The molecule has 1 saturated carbocycles. The van der Waals surface area contributed by atoms with E-state index in [2.05, 4.69) is 22.5 Å². The number of amidine groups is 2. The van der Waals surface area contributed by atoms with Crippen molar-refractivity contribution in [2.24, 2.45) is 4.99 Å². The minimum absolute atomic E-state index is 0.0469. The van der Waals surface area contributed by atoms with E-state index < -0.39 is 29.3 Å². The van der Waals surface area contributed by atoms with Gasteiger partial charge in [-0.2, -0.15) is 18.2 Å². The highest BCUT2D eigenvalue weighted by Crippen LogP contribution is 2.33. The molecule has 0 spiro atoms. The molecule has 17 heteroatoms. The zero-order valence-electron chi connectivity index (χ0n) is 34.6. The number of thioether (sulfide) groups is 1. The lowest BCUT2D eigenvalue weighted by Crippen LogP contribution is -2.43. The number of alkyl halides is 3. The van der Waals surface area contributed by atoms with Crippen LogP contribution < -0.4 is 10.6 Å². The molecule has 1 aliphatic carbocycles. The van der Waals surface area contributed by atoms with Crippen molar-refractivity contribution < 1.29 is 52.1 Å². The Bertz CT molecular complexity index is 1510. The number of halogens is 3. The number of unbranched alkanes of at least 4 members (excludes halogenated alkanes) is 11. The second kappa shape index (κ2) is 28.3. The highest BCUT2D eigenvalue weighted by Gasteiger charge is 2.41. The molecular formula is C42H64F3N5O8S. The van der Waals surface area contributed by atoms with Crippen LogP contribution in [0.15, 0.2) is 29.3 Å². The first-order valence-corrected chi connectivity index (χ1v) is 22.0. The molecule has 2 unspecified atom stereocenters. The fourth-order valence-electron chi connectivity index (χ4n) is 6.70. The van der Waals surface area contributed by atoms with Gasteiger partial charge in [0.1, 0.15) is 17.2 Å². The van der Waals surface area contributed by atoms with Gasteiger partial charge in [0, 0.05) is 43.2 Å². The molecule has 2 atom stereocenters. The van der Waals surface area contributed by atoms with Gasteiger partial charge in [-0.15, -0.1) is 0 Å². The summed E-state index contributed by atoms with van der Waals surface area (Å²) < 4.78 is 37.3. The van der Waals surface area contributed by atoms with Gasteiger partial charge in [0.25, 0.3) is 5.91 Å². The van der Waals surface area contributed by atoms with E-state index in [-0.39, 0.29) is 42.8 Å². The maximum absolute atomic E-state index is 13.3.